The second kappa shape index (κ2) is 12.9. The molecule has 0 bridgehead atoms. The minimum atomic E-state index is 0.0131. The van der Waals surface area contributed by atoms with E-state index in [1.165, 1.54) is 45.3 Å². The van der Waals surface area contributed by atoms with Gasteiger partial charge in [-0.3, -0.25) is 4.57 Å². The number of hydrogen-bond acceptors (Lipinski definition) is 3. The molecule has 3 heterocycles. The lowest BCUT2D eigenvalue weighted by molar-refractivity contribution is 0.388. The summed E-state index contributed by atoms with van der Waals surface area (Å²) in [6.45, 7) is 23.0. The van der Waals surface area contributed by atoms with Crippen molar-refractivity contribution in [3.63, 3.8) is 0 Å². The van der Waals surface area contributed by atoms with Gasteiger partial charge in [0.25, 0.3) is 0 Å². The first kappa shape index (κ1) is 33.8. The second-order valence-corrected chi connectivity index (χ2v) is 16.3. The predicted octanol–water partition coefficient (Wildman–Crippen LogP) is 12.4. The normalized spacial score (nSPS) is 18.4. The standard InChI is InChI=1S/C45H52N4O/c1-27(2)43-42(41-30(6)22-29(5)23-31(41)7)44(28(3)4)49(47-43)33-14-13-15-34(25-33)50-35-18-19-37-36-16-11-12-17-38(36)48(39(37)26-35)40-24-32(20-21-46-40)45(8,9)10/h11-22,24-29,31,41H,23H2,1-10H3/t29?,31-,41+/m0/s1. The van der Waals surface area contributed by atoms with Crippen molar-refractivity contribution in [2.75, 3.05) is 0 Å². The van der Waals surface area contributed by atoms with Gasteiger partial charge in [-0.05, 0) is 90.5 Å². The van der Waals surface area contributed by atoms with Gasteiger partial charge in [-0.15, -0.1) is 0 Å². The van der Waals surface area contributed by atoms with E-state index in [-0.39, 0.29) is 5.41 Å². The van der Waals surface area contributed by atoms with Gasteiger partial charge in [0.15, 0.2) is 0 Å². The Morgan fingerprint density at radius 3 is 2.26 bits per heavy atom. The smallest absolute Gasteiger partial charge is 0.137 e. The summed E-state index contributed by atoms with van der Waals surface area (Å²) in [5.74, 6) is 4.66. The second-order valence-electron chi connectivity index (χ2n) is 16.3. The summed E-state index contributed by atoms with van der Waals surface area (Å²) in [6, 6.07) is 27.7. The molecular formula is C45H52N4O. The monoisotopic (exact) mass is 664 g/mol. The number of benzene rings is 3. The fourth-order valence-electron chi connectivity index (χ4n) is 8.34. The first-order valence-corrected chi connectivity index (χ1v) is 18.4. The summed E-state index contributed by atoms with van der Waals surface area (Å²) in [5, 5.41) is 7.74. The van der Waals surface area contributed by atoms with E-state index in [9.17, 15) is 0 Å². The summed E-state index contributed by atoms with van der Waals surface area (Å²) in [7, 11) is 0. The van der Waals surface area contributed by atoms with Crippen molar-refractivity contribution in [1.82, 2.24) is 19.3 Å². The molecule has 258 valence electrons. The van der Waals surface area contributed by atoms with Crippen LogP contribution in [0.25, 0.3) is 33.3 Å². The molecule has 1 aliphatic carbocycles. The van der Waals surface area contributed by atoms with E-state index in [2.05, 4.69) is 157 Å². The average molecular weight is 665 g/mol. The van der Waals surface area contributed by atoms with Gasteiger partial charge in [0, 0.05) is 40.6 Å². The molecular weight excluding hydrogens is 613 g/mol. The molecule has 0 saturated heterocycles. The van der Waals surface area contributed by atoms with Crippen molar-refractivity contribution >= 4 is 21.8 Å². The number of hydrogen-bond donors (Lipinski definition) is 0. The number of fused-ring (bicyclic) bond motifs is 3. The van der Waals surface area contributed by atoms with Gasteiger partial charge in [0.2, 0.25) is 0 Å². The molecule has 1 unspecified atom stereocenters. The van der Waals surface area contributed by atoms with Gasteiger partial charge in [-0.25, -0.2) is 9.67 Å². The summed E-state index contributed by atoms with van der Waals surface area (Å²) in [5.41, 5.74) is 9.90. The number of rotatable bonds is 7. The van der Waals surface area contributed by atoms with E-state index < -0.39 is 0 Å². The van der Waals surface area contributed by atoms with Gasteiger partial charge < -0.3 is 4.74 Å². The molecule has 0 radical (unpaired) electrons. The van der Waals surface area contributed by atoms with Crippen molar-refractivity contribution in [3.8, 4) is 23.0 Å². The first-order chi connectivity index (χ1) is 23.8. The molecule has 0 spiro atoms. The maximum atomic E-state index is 6.68. The number of ether oxygens (including phenoxy) is 1. The zero-order valence-electron chi connectivity index (χ0n) is 31.5. The lowest BCUT2D eigenvalue weighted by Crippen LogP contribution is -2.21. The molecule has 7 rings (SSSR count). The van der Waals surface area contributed by atoms with Crippen LogP contribution in [-0.4, -0.2) is 19.3 Å². The first-order valence-electron chi connectivity index (χ1n) is 18.4. The van der Waals surface area contributed by atoms with Crippen LogP contribution in [0.1, 0.15) is 116 Å². The van der Waals surface area contributed by atoms with Crippen LogP contribution in [0.3, 0.4) is 0 Å². The summed E-state index contributed by atoms with van der Waals surface area (Å²) < 4.78 is 11.1. The molecule has 1 aliphatic rings. The maximum Gasteiger partial charge on any atom is 0.137 e. The molecule has 0 aliphatic heterocycles. The van der Waals surface area contributed by atoms with Crippen molar-refractivity contribution in [2.24, 2.45) is 11.8 Å². The number of pyridine rings is 1. The van der Waals surface area contributed by atoms with Crippen molar-refractivity contribution in [3.05, 3.63) is 119 Å². The highest BCUT2D eigenvalue weighted by Crippen LogP contribution is 2.46. The van der Waals surface area contributed by atoms with Gasteiger partial charge in [0.05, 0.1) is 28.1 Å². The minimum absolute atomic E-state index is 0.0131. The Morgan fingerprint density at radius 2 is 1.54 bits per heavy atom. The summed E-state index contributed by atoms with van der Waals surface area (Å²) in [6.07, 6.45) is 5.61. The third-order valence-electron chi connectivity index (χ3n) is 10.5. The zero-order chi connectivity index (χ0) is 35.5. The average Bonchev–Trinajstić information content (AvgIpc) is 3.61. The van der Waals surface area contributed by atoms with Crippen LogP contribution in [0.2, 0.25) is 0 Å². The van der Waals surface area contributed by atoms with Gasteiger partial charge in [-0.2, -0.15) is 5.10 Å². The number of aromatic nitrogens is 4. The molecule has 3 aromatic carbocycles. The Labute approximate surface area is 298 Å². The van der Waals surface area contributed by atoms with Gasteiger partial charge in [0.1, 0.15) is 17.3 Å². The molecule has 3 atom stereocenters. The van der Waals surface area contributed by atoms with Crippen molar-refractivity contribution in [2.45, 2.75) is 98.8 Å². The van der Waals surface area contributed by atoms with Gasteiger partial charge >= 0.3 is 0 Å². The maximum absolute atomic E-state index is 6.68. The fourth-order valence-corrected chi connectivity index (χ4v) is 8.34. The third-order valence-corrected chi connectivity index (χ3v) is 10.5. The number of nitrogens with zero attached hydrogens (tertiary/aromatic N) is 4. The van der Waals surface area contributed by atoms with Crippen LogP contribution >= 0.6 is 0 Å². The third kappa shape index (κ3) is 6.05. The van der Waals surface area contributed by atoms with E-state index in [0.29, 0.717) is 29.6 Å². The summed E-state index contributed by atoms with van der Waals surface area (Å²) in [4.78, 5) is 4.85. The Bertz CT molecular complexity index is 2220. The van der Waals surface area contributed by atoms with Crippen molar-refractivity contribution < 1.29 is 4.74 Å². The van der Waals surface area contributed by atoms with Gasteiger partial charge in [-0.1, -0.05) is 98.2 Å². The highest BCUT2D eigenvalue weighted by molar-refractivity contribution is 6.09. The lowest BCUT2D eigenvalue weighted by Gasteiger charge is -2.33. The summed E-state index contributed by atoms with van der Waals surface area (Å²) >= 11 is 0. The van der Waals surface area contributed by atoms with E-state index in [4.69, 9.17) is 14.8 Å². The molecule has 0 saturated carbocycles. The van der Waals surface area contributed by atoms with Crippen LogP contribution in [0.4, 0.5) is 0 Å². The zero-order valence-corrected chi connectivity index (χ0v) is 31.5. The molecule has 5 heteroatoms. The topological polar surface area (TPSA) is 44.9 Å². The molecule has 0 amide bonds. The van der Waals surface area contributed by atoms with Crippen LogP contribution < -0.4 is 4.74 Å². The Kier molecular flexibility index (Phi) is 8.74. The van der Waals surface area contributed by atoms with E-state index >= 15 is 0 Å². The number of para-hydroxylation sites is 1. The predicted molar refractivity (Wildman–Crippen MR) is 209 cm³/mol. The van der Waals surface area contributed by atoms with E-state index in [1.807, 2.05) is 12.3 Å². The van der Waals surface area contributed by atoms with E-state index in [1.54, 1.807) is 0 Å². The quantitative estimate of drug-likeness (QED) is 0.160. The van der Waals surface area contributed by atoms with Crippen LogP contribution in [0, 0.1) is 11.8 Å². The van der Waals surface area contributed by atoms with Crippen molar-refractivity contribution in [1.29, 1.82) is 0 Å². The van der Waals surface area contributed by atoms with Crippen LogP contribution in [0.5, 0.6) is 11.5 Å². The largest absolute Gasteiger partial charge is 0.457 e. The lowest BCUT2D eigenvalue weighted by atomic mass is 9.71. The molecule has 0 fully saturated rings. The SMILES string of the molecule is CC1=CC(C)C[C@H](C)[C@@H]1c1c(C(C)C)nn(-c2cccc(Oc3ccc4c5ccccc5n(-c5cc(C(C)(C)C)ccn5)c4c3)c2)c1C(C)C. The highest BCUT2D eigenvalue weighted by Gasteiger charge is 2.35. The fraction of sp³-hybridized carbons (Fsp3) is 0.378. The highest BCUT2D eigenvalue weighted by atomic mass is 16.5. The Morgan fingerprint density at radius 1 is 0.800 bits per heavy atom. The Balaban J connectivity index is 1.31. The van der Waals surface area contributed by atoms with E-state index in [0.717, 1.165) is 34.0 Å². The molecule has 50 heavy (non-hydrogen) atoms. The number of allylic oxidation sites excluding steroid dienone is 2. The van der Waals surface area contributed by atoms with Crippen LogP contribution in [-0.2, 0) is 5.41 Å². The van der Waals surface area contributed by atoms with Crippen LogP contribution in [0.15, 0.2) is 96.7 Å². The minimum Gasteiger partial charge on any atom is -0.457 e. The Hall–Kier alpha value is -4.64. The molecule has 0 N–H and O–H groups in total. The molecule has 3 aromatic heterocycles. The molecule has 6 aromatic rings. The molecule has 5 nitrogen and oxygen atoms in total.